The molecule has 1 heterocycles. The number of ether oxygens (including phenoxy) is 1. The predicted molar refractivity (Wildman–Crippen MR) is 77.2 cm³/mol. The maximum absolute atomic E-state index is 13.4. The molecule has 0 bridgehead atoms. The average Bonchev–Trinajstić information content (AvgIpc) is 2.97. The van der Waals surface area contributed by atoms with E-state index in [2.05, 4.69) is 10.4 Å². The lowest BCUT2D eigenvalue weighted by molar-refractivity contribution is 0.0585. The first-order valence-corrected chi connectivity index (χ1v) is 6.63. The molecule has 0 radical (unpaired) electrons. The van der Waals surface area contributed by atoms with E-state index < -0.39 is 17.9 Å². The number of esters is 1. The van der Waals surface area contributed by atoms with Gasteiger partial charge in [-0.05, 0) is 24.6 Å². The number of hydrogen-bond acceptors (Lipinski definition) is 4. The molecule has 0 aliphatic carbocycles. The third kappa shape index (κ3) is 2.98. The molecule has 0 aliphatic heterocycles. The molecular formula is C15H16FN3O3. The monoisotopic (exact) mass is 305 g/mol. The summed E-state index contributed by atoms with van der Waals surface area (Å²) < 4.78 is 19.4. The Morgan fingerprint density at radius 3 is 2.68 bits per heavy atom. The Labute approximate surface area is 126 Å². The molecular weight excluding hydrogens is 289 g/mol. The molecule has 22 heavy (non-hydrogen) atoms. The summed E-state index contributed by atoms with van der Waals surface area (Å²) in [5, 5.41) is 6.58. The molecule has 2 rings (SSSR count). The molecule has 0 aliphatic rings. The van der Waals surface area contributed by atoms with Crippen LogP contribution in [0.5, 0.6) is 0 Å². The number of aromatic nitrogens is 2. The number of amides is 1. The predicted octanol–water partition coefficient (Wildman–Crippen LogP) is 1.78. The van der Waals surface area contributed by atoms with Crippen molar-refractivity contribution in [2.75, 3.05) is 14.2 Å². The highest BCUT2D eigenvalue weighted by Gasteiger charge is 2.23. The summed E-state index contributed by atoms with van der Waals surface area (Å²) in [6.45, 7) is 1.75. The molecule has 0 spiro atoms. The minimum Gasteiger partial charge on any atom is -0.464 e. The molecule has 7 heteroatoms. The van der Waals surface area contributed by atoms with E-state index in [9.17, 15) is 14.0 Å². The van der Waals surface area contributed by atoms with Crippen LogP contribution in [0.3, 0.4) is 0 Å². The van der Waals surface area contributed by atoms with Crippen LogP contribution in [-0.2, 0) is 4.74 Å². The second kappa shape index (κ2) is 6.38. The van der Waals surface area contributed by atoms with E-state index in [0.717, 1.165) is 0 Å². The van der Waals surface area contributed by atoms with Crippen molar-refractivity contribution in [2.24, 2.45) is 0 Å². The van der Waals surface area contributed by atoms with E-state index in [0.29, 0.717) is 5.56 Å². The van der Waals surface area contributed by atoms with Crippen LogP contribution in [0.25, 0.3) is 0 Å². The molecule has 1 unspecified atom stereocenters. The van der Waals surface area contributed by atoms with E-state index >= 15 is 0 Å². The van der Waals surface area contributed by atoms with E-state index in [1.165, 1.54) is 37.0 Å². The molecule has 1 aromatic carbocycles. The fourth-order valence-corrected chi connectivity index (χ4v) is 2.09. The quantitative estimate of drug-likeness (QED) is 0.874. The number of hydrogen-bond donors (Lipinski definition) is 1. The molecule has 1 atom stereocenters. The highest BCUT2D eigenvalue weighted by atomic mass is 19.1. The number of benzene rings is 1. The van der Waals surface area contributed by atoms with Gasteiger partial charge in [-0.15, -0.1) is 0 Å². The van der Waals surface area contributed by atoms with Crippen LogP contribution < -0.4 is 5.32 Å². The second-order valence-corrected chi connectivity index (χ2v) is 4.66. The molecule has 0 fully saturated rings. The van der Waals surface area contributed by atoms with Crippen molar-refractivity contribution >= 4 is 11.9 Å². The Bertz CT molecular complexity index is 712. The zero-order valence-corrected chi connectivity index (χ0v) is 12.5. The number of halogens is 1. The topological polar surface area (TPSA) is 73.2 Å². The summed E-state index contributed by atoms with van der Waals surface area (Å²) in [7, 11) is 2.71. The third-order valence-corrected chi connectivity index (χ3v) is 3.29. The van der Waals surface area contributed by atoms with Gasteiger partial charge in [0.1, 0.15) is 11.5 Å². The fraction of sp³-hybridized carbons (Fsp3) is 0.267. The number of carbonyl (C=O) groups excluding carboxylic acids is 2. The van der Waals surface area contributed by atoms with Crippen molar-refractivity contribution < 1.29 is 18.7 Å². The molecule has 1 amide bonds. The second-order valence-electron chi connectivity index (χ2n) is 4.66. The van der Waals surface area contributed by atoms with Crippen molar-refractivity contribution in [3.63, 3.8) is 0 Å². The van der Waals surface area contributed by atoms with Crippen LogP contribution in [0.15, 0.2) is 30.3 Å². The Morgan fingerprint density at radius 1 is 1.36 bits per heavy atom. The van der Waals surface area contributed by atoms with Crippen molar-refractivity contribution in [3.8, 4) is 0 Å². The zero-order valence-electron chi connectivity index (χ0n) is 12.5. The summed E-state index contributed by atoms with van der Waals surface area (Å²) in [6, 6.07) is 6.88. The number of carbonyl (C=O) groups is 2. The SMILES string of the molecule is CNC(=O)c1cc(C(=O)OC)n(C(C)c2cccc(F)c2)n1. The van der Waals surface area contributed by atoms with E-state index in [1.807, 2.05) is 0 Å². The van der Waals surface area contributed by atoms with Gasteiger partial charge in [-0.3, -0.25) is 9.48 Å². The van der Waals surface area contributed by atoms with Gasteiger partial charge in [0.2, 0.25) is 0 Å². The van der Waals surface area contributed by atoms with Gasteiger partial charge in [-0.2, -0.15) is 5.10 Å². The lowest BCUT2D eigenvalue weighted by atomic mass is 10.1. The van der Waals surface area contributed by atoms with Gasteiger partial charge >= 0.3 is 5.97 Å². The highest BCUT2D eigenvalue weighted by molar-refractivity contribution is 5.95. The first kappa shape index (κ1) is 15.7. The van der Waals surface area contributed by atoms with E-state index in [1.54, 1.807) is 19.1 Å². The molecule has 1 N–H and O–H groups in total. The Morgan fingerprint density at radius 2 is 2.09 bits per heavy atom. The molecule has 0 saturated heterocycles. The maximum atomic E-state index is 13.4. The normalized spacial score (nSPS) is 11.8. The van der Waals surface area contributed by atoms with Gasteiger partial charge in [-0.1, -0.05) is 12.1 Å². The smallest absolute Gasteiger partial charge is 0.356 e. The lowest BCUT2D eigenvalue weighted by Crippen LogP contribution is -2.19. The van der Waals surface area contributed by atoms with Gasteiger partial charge in [-0.25, -0.2) is 9.18 Å². The summed E-state index contributed by atoms with van der Waals surface area (Å²) in [5.74, 6) is -1.43. The van der Waals surface area contributed by atoms with Crippen LogP contribution in [0, 0.1) is 5.82 Å². The van der Waals surface area contributed by atoms with Crippen molar-refractivity contribution in [1.29, 1.82) is 0 Å². The van der Waals surface area contributed by atoms with Gasteiger partial charge in [0.05, 0.1) is 13.2 Å². The molecule has 116 valence electrons. The van der Waals surface area contributed by atoms with Crippen LogP contribution >= 0.6 is 0 Å². The van der Waals surface area contributed by atoms with Gasteiger partial charge < -0.3 is 10.1 Å². The Hall–Kier alpha value is -2.70. The van der Waals surface area contributed by atoms with Crippen LogP contribution in [0.4, 0.5) is 4.39 Å². The first-order valence-electron chi connectivity index (χ1n) is 6.63. The minimum absolute atomic E-state index is 0.0890. The number of nitrogens with one attached hydrogen (secondary N) is 1. The number of rotatable bonds is 4. The van der Waals surface area contributed by atoms with Gasteiger partial charge in [0.25, 0.3) is 5.91 Å². The summed E-state index contributed by atoms with van der Waals surface area (Å²) >= 11 is 0. The Balaban J connectivity index is 2.50. The van der Waals surface area contributed by atoms with Crippen LogP contribution in [0.2, 0.25) is 0 Å². The number of methoxy groups -OCH3 is 1. The highest BCUT2D eigenvalue weighted by Crippen LogP contribution is 2.21. The summed E-state index contributed by atoms with van der Waals surface area (Å²) in [5.41, 5.74) is 0.834. The number of nitrogens with zero attached hydrogens (tertiary/aromatic N) is 2. The molecule has 0 saturated carbocycles. The van der Waals surface area contributed by atoms with Crippen molar-refractivity contribution in [1.82, 2.24) is 15.1 Å². The average molecular weight is 305 g/mol. The van der Waals surface area contributed by atoms with E-state index in [-0.39, 0.29) is 17.2 Å². The first-order chi connectivity index (χ1) is 10.5. The largest absolute Gasteiger partial charge is 0.464 e. The third-order valence-electron chi connectivity index (χ3n) is 3.29. The van der Waals surface area contributed by atoms with Gasteiger partial charge in [0, 0.05) is 13.1 Å². The van der Waals surface area contributed by atoms with Crippen molar-refractivity contribution in [3.05, 3.63) is 53.1 Å². The standard InChI is InChI=1S/C15H16FN3O3/c1-9(10-5-4-6-11(16)7-10)19-13(15(21)22-3)8-12(18-19)14(20)17-2/h4-9H,1-3H3,(H,17,20). The van der Waals surface area contributed by atoms with Gasteiger partial charge in [0.15, 0.2) is 5.69 Å². The van der Waals surface area contributed by atoms with Crippen LogP contribution in [-0.4, -0.2) is 35.8 Å². The Kier molecular flexibility index (Phi) is 4.55. The summed E-state index contributed by atoms with van der Waals surface area (Å²) in [4.78, 5) is 23.6. The molecule has 6 nitrogen and oxygen atoms in total. The lowest BCUT2D eigenvalue weighted by Gasteiger charge is -2.15. The molecule has 1 aromatic heterocycles. The minimum atomic E-state index is -0.620. The fourth-order valence-electron chi connectivity index (χ4n) is 2.09. The maximum Gasteiger partial charge on any atom is 0.356 e. The summed E-state index contributed by atoms with van der Waals surface area (Å²) in [6.07, 6.45) is 0. The zero-order chi connectivity index (χ0) is 16.3. The molecule has 2 aromatic rings. The van der Waals surface area contributed by atoms with Crippen molar-refractivity contribution in [2.45, 2.75) is 13.0 Å². The van der Waals surface area contributed by atoms with Crippen LogP contribution in [0.1, 0.15) is 39.5 Å². The van der Waals surface area contributed by atoms with E-state index in [4.69, 9.17) is 4.74 Å².